The SMILES string of the molecule is COC[C@H](NC(=O)OCC1c2ccccc2-c2ccccc21)C(=O)N1CC(C(=O)O)C2(CC2)C1. The first-order chi connectivity index (χ1) is 16.4. The molecule has 1 unspecified atom stereocenters. The molecule has 2 atom stereocenters. The fourth-order valence-corrected chi connectivity index (χ4v) is 5.49. The molecule has 178 valence electrons. The predicted octanol–water partition coefficient (Wildman–Crippen LogP) is 2.86. The summed E-state index contributed by atoms with van der Waals surface area (Å²) < 4.78 is 10.7. The second-order valence-electron chi connectivity index (χ2n) is 9.45. The van der Waals surface area contributed by atoms with Crippen LogP contribution in [0.4, 0.5) is 4.79 Å². The van der Waals surface area contributed by atoms with Crippen LogP contribution < -0.4 is 5.32 Å². The van der Waals surface area contributed by atoms with Crippen LogP contribution in [0.3, 0.4) is 0 Å². The number of carbonyl (C=O) groups is 3. The molecule has 8 heteroatoms. The zero-order valence-electron chi connectivity index (χ0n) is 19.0. The van der Waals surface area contributed by atoms with Crippen LogP contribution >= 0.6 is 0 Å². The maximum absolute atomic E-state index is 13.1. The molecule has 34 heavy (non-hydrogen) atoms. The van der Waals surface area contributed by atoms with Crippen LogP contribution in [0.5, 0.6) is 0 Å². The highest BCUT2D eigenvalue weighted by Gasteiger charge is 2.59. The zero-order valence-corrected chi connectivity index (χ0v) is 19.0. The fraction of sp³-hybridized carbons (Fsp3) is 0.423. The van der Waals surface area contributed by atoms with Crippen molar-refractivity contribution in [2.45, 2.75) is 24.8 Å². The number of nitrogens with one attached hydrogen (secondary N) is 1. The van der Waals surface area contributed by atoms with E-state index >= 15 is 0 Å². The van der Waals surface area contributed by atoms with Crippen LogP contribution in [0, 0.1) is 11.3 Å². The topological polar surface area (TPSA) is 105 Å². The van der Waals surface area contributed by atoms with Crippen LogP contribution in [-0.4, -0.2) is 67.4 Å². The van der Waals surface area contributed by atoms with Crippen LogP contribution in [-0.2, 0) is 19.1 Å². The molecule has 1 saturated heterocycles. The van der Waals surface area contributed by atoms with Crippen molar-refractivity contribution in [1.29, 1.82) is 0 Å². The number of ether oxygens (including phenoxy) is 2. The lowest BCUT2D eigenvalue weighted by Crippen LogP contribution is -2.50. The molecule has 8 nitrogen and oxygen atoms in total. The lowest BCUT2D eigenvalue weighted by Gasteiger charge is -2.24. The Hall–Kier alpha value is -3.39. The Kier molecular flexibility index (Phi) is 5.77. The Labute approximate surface area is 197 Å². The van der Waals surface area contributed by atoms with Crippen LogP contribution in [0.25, 0.3) is 11.1 Å². The minimum absolute atomic E-state index is 0.0235. The number of carboxylic acids is 1. The minimum atomic E-state index is -0.941. The van der Waals surface area contributed by atoms with Crippen LogP contribution in [0.15, 0.2) is 48.5 Å². The number of nitrogens with zero attached hydrogens (tertiary/aromatic N) is 1. The molecule has 0 radical (unpaired) electrons. The van der Waals surface area contributed by atoms with Crippen LogP contribution in [0.2, 0.25) is 0 Å². The molecule has 5 rings (SSSR count). The summed E-state index contributed by atoms with van der Waals surface area (Å²) in [5.41, 5.74) is 4.16. The van der Waals surface area contributed by atoms with E-state index in [1.807, 2.05) is 36.4 Å². The van der Waals surface area contributed by atoms with E-state index in [1.54, 1.807) is 4.90 Å². The van der Waals surface area contributed by atoms with Gasteiger partial charge in [0.25, 0.3) is 0 Å². The molecular weight excluding hydrogens is 436 g/mol. The Morgan fingerprint density at radius 1 is 1.09 bits per heavy atom. The molecule has 2 aromatic carbocycles. The van der Waals surface area contributed by atoms with Gasteiger partial charge in [-0.15, -0.1) is 0 Å². The molecule has 2 amide bonds. The molecule has 1 saturated carbocycles. The number of benzene rings is 2. The van der Waals surface area contributed by atoms with Crippen LogP contribution in [0.1, 0.15) is 29.9 Å². The molecule has 3 aliphatic rings. The Morgan fingerprint density at radius 2 is 1.71 bits per heavy atom. The third kappa shape index (κ3) is 3.92. The van der Waals surface area contributed by atoms with Gasteiger partial charge in [0.2, 0.25) is 5.91 Å². The summed E-state index contributed by atoms with van der Waals surface area (Å²) in [5, 5.41) is 12.2. The summed E-state index contributed by atoms with van der Waals surface area (Å²) in [7, 11) is 1.45. The number of amides is 2. The molecule has 0 aromatic heterocycles. The second kappa shape index (κ2) is 8.76. The Morgan fingerprint density at radius 3 is 2.24 bits per heavy atom. The number of aliphatic carboxylic acids is 1. The van der Waals surface area contributed by atoms with E-state index in [0.717, 1.165) is 35.1 Å². The lowest BCUT2D eigenvalue weighted by molar-refractivity contribution is -0.143. The smallest absolute Gasteiger partial charge is 0.407 e. The summed E-state index contributed by atoms with van der Waals surface area (Å²) >= 11 is 0. The van der Waals surface area contributed by atoms with E-state index in [4.69, 9.17) is 9.47 Å². The van der Waals surface area contributed by atoms with E-state index in [2.05, 4.69) is 17.4 Å². The van der Waals surface area contributed by atoms with Crippen molar-refractivity contribution < 1.29 is 29.0 Å². The molecule has 2 aliphatic carbocycles. The maximum Gasteiger partial charge on any atom is 0.407 e. The van der Waals surface area contributed by atoms with Crippen molar-refractivity contribution >= 4 is 18.0 Å². The number of carboxylic acid groups (broad SMARTS) is 1. The number of methoxy groups -OCH3 is 1. The van der Waals surface area contributed by atoms with Crippen molar-refractivity contribution in [1.82, 2.24) is 10.2 Å². The van der Waals surface area contributed by atoms with E-state index in [1.165, 1.54) is 7.11 Å². The minimum Gasteiger partial charge on any atom is -0.481 e. The maximum atomic E-state index is 13.1. The van der Waals surface area contributed by atoms with Gasteiger partial charge < -0.3 is 24.8 Å². The first kappa shape index (κ1) is 22.4. The van der Waals surface area contributed by atoms with Crippen molar-refractivity contribution in [3.05, 3.63) is 59.7 Å². The normalized spacial score (nSPS) is 20.5. The van der Waals surface area contributed by atoms with Gasteiger partial charge in [-0.1, -0.05) is 48.5 Å². The molecule has 2 N–H and O–H groups in total. The van der Waals surface area contributed by atoms with E-state index in [-0.39, 0.29) is 37.0 Å². The number of carbonyl (C=O) groups excluding carboxylic acids is 2. The number of hydrogen-bond donors (Lipinski definition) is 2. The number of fused-ring (bicyclic) bond motifs is 3. The number of hydrogen-bond acceptors (Lipinski definition) is 5. The highest BCUT2D eigenvalue weighted by Crippen LogP contribution is 2.56. The predicted molar refractivity (Wildman–Crippen MR) is 123 cm³/mol. The summed E-state index contributed by atoms with van der Waals surface area (Å²) in [5.74, 6) is -1.86. The summed E-state index contributed by atoms with van der Waals surface area (Å²) in [6, 6.07) is 15.2. The molecule has 1 aliphatic heterocycles. The molecule has 0 bridgehead atoms. The largest absolute Gasteiger partial charge is 0.481 e. The van der Waals surface area contributed by atoms with E-state index in [0.29, 0.717) is 6.54 Å². The van der Waals surface area contributed by atoms with Gasteiger partial charge in [0.1, 0.15) is 12.6 Å². The van der Waals surface area contributed by atoms with Gasteiger partial charge in [0.05, 0.1) is 12.5 Å². The zero-order chi connectivity index (χ0) is 23.9. The molecule has 1 spiro atoms. The van der Waals surface area contributed by atoms with Gasteiger partial charge in [-0.25, -0.2) is 4.79 Å². The summed E-state index contributed by atoms with van der Waals surface area (Å²) in [6.07, 6.45) is 0.915. The molecule has 2 fully saturated rings. The van der Waals surface area contributed by atoms with E-state index < -0.39 is 24.0 Å². The first-order valence-corrected chi connectivity index (χ1v) is 11.6. The van der Waals surface area contributed by atoms with Crippen molar-refractivity contribution in [2.24, 2.45) is 11.3 Å². The monoisotopic (exact) mass is 464 g/mol. The average Bonchev–Trinajstić information content (AvgIpc) is 3.38. The molecule has 1 heterocycles. The quantitative estimate of drug-likeness (QED) is 0.653. The van der Waals surface area contributed by atoms with Crippen molar-refractivity contribution in [3.8, 4) is 11.1 Å². The number of likely N-dealkylation sites (tertiary alicyclic amines) is 1. The average molecular weight is 465 g/mol. The highest BCUT2D eigenvalue weighted by atomic mass is 16.5. The van der Waals surface area contributed by atoms with Gasteiger partial charge in [0.15, 0.2) is 0 Å². The van der Waals surface area contributed by atoms with E-state index in [9.17, 15) is 19.5 Å². The molecule has 2 aromatic rings. The lowest BCUT2D eigenvalue weighted by atomic mass is 9.93. The third-order valence-electron chi connectivity index (χ3n) is 7.42. The fourth-order valence-electron chi connectivity index (χ4n) is 5.49. The standard InChI is InChI=1S/C26H28N2O6/c1-33-14-22(23(29)28-12-21(24(30)31)26(15-28)10-11-26)27-25(32)34-13-20-18-8-4-2-6-16(18)17-7-3-5-9-19(17)20/h2-9,20-22H,10-15H2,1H3,(H,27,32)(H,30,31)/t21?,22-/m0/s1. The summed E-state index contributed by atoms with van der Waals surface area (Å²) in [6.45, 7) is 0.669. The second-order valence-corrected chi connectivity index (χ2v) is 9.45. The van der Waals surface area contributed by atoms with Crippen molar-refractivity contribution in [2.75, 3.05) is 33.4 Å². The van der Waals surface area contributed by atoms with Crippen molar-refractivity contribution in [3.63, 3.8) is 0 Å². The third-order valence-corrected chi connectivity index (χ3v) is 7.42. The summed E-state index contributed by atoms with van der Waals surface area (Å²) in [4.78, 5) is 39.0. The molecular formula is C26H28N2O6. The Bertz CT molecular complexity index is 1080. The van der Waals surface area contributed by atoms with Gasteiger partial charge >= 0.3 is 12.1 Å². The van der Waals surface area contributed by atoms with Gasteiger partial charge in [0, 0.05) is 31.5 Å². The Balaban J connectivity index is 1.24. The van der Waals surface area contributed by atoms with Gasteiger partial charge in [-0.2, -0.15) is 0 Å². The number of alkyl carbamates (subject to hydrolysis) is 1. The highest BCUT2D eigenvalue weighted by molar-refractivity contribution is 5.87. The van der Waals surface area contributed by atoms with Gasteiger partial charge in [-0.3, -0.25) is 9.59 Å². The first-order valence-electron chi connectivity index (χ1n) is 11.6. The number of rotatable bonds is 7. The van der Waals surface area contributed by atoms with Gasteiger partial charge in [-0.05, 0) is 35.1 Å².